The van der Waals surface area contributed by atoms with E-state index in [-0.39, 0.29) is 0 Å². The SMILES string of the molecule is CC.Cc1ccon1.c1cnoc1. The van der Waals surface area contributed by atoms with Crippen LogP contribution in [-0.2, 0) is 0 Å². The Morgan fingerprint density at radius 3 is 2.08 bits per heavy atom. The molecule has 0 bridgehead atoms. The minimum atomic E-state index is 0.926. The molecule has 13 heavy (non-hydrogen) atoms. The highest BCUT2D eigenvalue weighted by Gasteiger charge is 1.78. The number of aromatic nitrogens is 2. The standard InChI is InChI=1S/C4H5NO.C3H3NO.C2H6/c1-4-2-3-6-5-4;1-2-4-5-3-1;1-2/h2-3H,1H3;1-3H;1-2H3. The summed E-state index contributed by atoms with van der Waals surface area (Å²) in [6.07, 6.45) is 4.65. The summed E-state index contributed by atoms with van der Waals surface area (Å²) in [4.78, 5) is 0. The minimum Gasteiger partial charge on any atom is -0.365 e. The summed E-state index contributed by atoms with van der Waals surface area (Å²) in [5.41, 5.74) is 0.926. The smallest absolute Gasteiger partial charge is 0.124 e. The summed E-state index contributed by atoms with van der Waals surface area (Å²) in [5, 5.41) is 6.89. The van der Waals surface area contributed by atoms with Gasteiger partial charge in [-0.2, -0.15) is 0 Å². The van der Waals surface area contributed by atoms with Gasteiger partial charge in [0.2, 0.25) is 0 Å². The topological polar surface area (TPSA) is 52.1 Å². The molecule has 0 unspecified atom stereocenters. The van der Waals surface area contributed by atoms with Gasteiger partial charge in [0.25, 0.3) is 0 Å². The van der Waals surface area contributed by atoms with Gasteiger partial charge in [-0.3, -0.25) is 0 Å². The number of hydrogen-bond donors (Lipinski definition) is 0. The minimum absolute atomic E-state index is 0.926. The average Bonchev–Trinajstić information content (AvgIpc) is 2.81. The molecule has 0 aliphatic heterocycles. The lowest BCUT2D eigenvalue weighted by Gasteiger charge is -1.62. The molecule has 0 aliphatic carbocycles. The van der Waals surface area contributed by atoms with E-state index in [9.17, 15) is 0 Å². The zero-order chi connectivity index (χ0) is 9.94. The van der Waals surface area contributed by atoms with Crippen molar-refractivity contribution < 1.29 is 9.05 Å². The average molecular weight is 182 g/mol. The van der Waals surface area contributed by atoms with Gasteiger partial charge in [-0.25, -0.2) is 0 Å². The number of hydrogen-bond acceptors (Lipinski definition) is 4. The Balaban J connectivity index is 0.000000189. The lowest BCUT2D eigenvalue weighted by molar-refractivity contribution is 0.415. The molecule has 0 spiro atoms. The Kier molecular flexibility index (Phi) is 7.48. The van der Waals surface area contributed by atoms with E-state index in [1.54, 1.807) is 24.6 Å². The largest absolute Gasteiger partial charge is 0.365 e. The van der Waals surface area contributed by atoms with E-state index in [4.69, 9.17) is 0 Å². The first kappa shape index (κ1) is 11.4. The van der Waals surface area contributed by atoms with E-state index in [0.29, 0.717) is 0 Å². The van der Waals surface area contributed by atoms with Gasteiger partial charge in [0.05, 0.1) is 11.9 Å². The van der Waals surface area contributed by atoms with E-state index < -0.39 is 0 Å². The number of nitrogens with zero attached hydrogens (tertiary/aromatic N) is 2. The fourth-order valence-corrected chi connectivity index (χ4v) is 0.449. The van der Waals surface area contributed by atoms with Crippen LogP contribution in [0.4, 0.5) is 0 Å². The molecule has 0 aliphatic rings. The van der Waals surface area contributed by atoms with E-state index in [0.717, 1.165) is 5.69 Å². The molecule has 0 amide bonds. The van der Waals surface area contributed by atoms with Crippen molar-refractivity contribution in [3.63, 3.8) is 0 Å². The summed E-state index contributed by atoms with van der Waals surface area (Å²) in [6.45, 7) is 5.88. The van der Waals surface area contributed by atoms with Gasteiger partial charge in [-0.15, -0.1) is 0 Å². The predicted octanol–water partition coefficient (Wildman–Crippen LogP) is 2.68. The molecule has 0 N–H and O–H groups in total. The van der Waals surface area contributed by atoms with Crippen LogP contribution < -0.4 is 0 Å². The lowest BCUT2D eigenvalue weighted by atomic mass is 10.5. The van der Waals surface area contributed by atoms with Gasteiger partial charge >= 0.3 is 0 Å². The fourth-order valence-electron chi connectivity index (χ4n) is 0.449. The first-order valence-electron chi connectivity index (χ1n) is 4.11. The van der Waals surface area contributed by atoms with E-state index in [1.807, 2.05) is 20.8 Å². The quantitative estimate of drug-likeness (QED) is 0.628. The second-order valence-corrected chi connectivity index (χ2v) is 1.83. The first-order chi connectivity index (χ1) is 6.39. The van der Waals surface area contributed by atoms with Gasteiger partial charge in [0, 0.05) is 6.07 Å². The molecule has 2 heterocycles. The number of aryl methyl sites for hydroxylation is 1. The van der Waals surface area contributed by atoms with Crippen LogP contribution in [0.15, 0.2) is 39.9 Å². The van der Waals surface area contributed by atoms with Crippen LogP contribution in [0, 0.1) is 6.92 Å². The molecule has 4 nitrogen and oxygen atoms in total. The van der Waals surface area contributed by atoms with Gasteiger partial charge < -0.3 is 9.05 Å². The zero-order valence-corrected chi connectivity index (χ0v) is 8.10. The number of rotatable bonds is 0. The van der Waals surface area contributed by atoms with Crippen molar-refractivity contribution in [1.29, 1.82) is 0 Å². The Bertz CT molecular complexity index is 234. The highest BCUT2D eigenvalue weighted by Crippen LogP contribution is 1.86. The van der Waals surface area contributed by atoms with Crippen LogP contribution in [0.2, 0.25) is 0 Å². The maximum Gasteiger partial charge on any atom is 0.124 e. The van der Waals surface area contributed by atoms with Crippen molar-refractivity contribution >= 4 is 0 Å². The normalized spacial score (nSPS) is 7.62. The maximum atomic E-state index is 4.46. The van der Waals surface area contributed by atoms with E-state index in [1.165, 1.54) is 6.26 Å². The van der Waals surface area contributed by atoms with E-state index in [2.05, 4.69) is 19.4 Å². The molecule has 0 fully saturated rings. The first-order valence-corrected chi connectivity index (χ1v) is 4.11. The molecule has 0 saturated carbocycles. The van der Waals surface area contributed by atoms with Crippen LogP contribution in [0.5, 0.6) is 0 Å². The Morgan fingerprint density at radius 2 is 1.92 bits per heavy atom. The monoisotopic (exact) mass is 182 g/mol. The third-order valence-corrected chi connectivity index (χ3v) is 0.914. The molecule has 72 valence electrons. The van der Waals surface area contributed by atoms with Crippen molar-refractivity contribution in [2.24, 2.45) is 0 Å². The fraction of sp³-hybridized carbons (Fsp3) is 0.333. The third-order valence-electron chi connectivity index (χ3n) is 0.914. The van der Waals surface area contributed by atoms with Crippen molar-refractivity contribution in [3.8, 4) is 0 Å². The van der Waals surface area contributed by atoms with Crippen LogP contribution >= 0.6 is 0 Å². The molecule has 0 radical (unpaired) electrons. The molecule has 2 rings (SSSR count). The molecule has 2 aromatic heterocycles. The maximum absolute atomic E-state index is 4.46. The van der Waals surface area contributed by atoms with E-state index >= 15 is 0 Å². The molecular formula is C9H14N2O2. The summed E-state index contributed by atoms with van der Waals surface area (Å²) in [7, 11) is 0. The van der Waals surface area contributed by atoms with Crippen molar-refractivity contribution in [1.82, 2.24) is 10.3 Å². The summed E-state index contributed by atoms with van der Waals surface area (Å²) >= 11 is 0. The molecular weight excluding hydrogens is 168 g/mol. The van der Waals surface area contributed by atoms with Crippen LogP contribution in [0.3, 0.4) is 0 Å². The van der Waals surface area contributed by atoms with Crippen LogP contribution in [0.25, 0.3) is 0 Å². The molecule has 0 atom stereocenters. The van der Waals surface area contributed by atoms with Crippen LogP contribution in [-0.4, -0.2) is 10.3 Å². The second kappa shape index (κ2) is 8.52. The molecule has 2 aromatic rings. The molecule has 0 aromatic carbocycles. The van der Waals surface area contributed by atoms with Gasteiger partial charge in [-0.05, 0) is 13.0 Å². The van der Waals surface area contributed by atoms with Crippen LogP contribution in [0.1, 0.15) is 19.5 Å². The van der Waals surface area contributed by atoms with Crippen molar-refractivity contribution in [2.75, 3.05) is 0 Å². The second-order valence-electron chi connectivity index (χ2n) is 1.83. The highest BCUT2D eigenvalue weighted by molar-refractivity contribution is 4.89. The van der Waals surface area contributed by atoms with Gasteiger partial charge in [0.1, 0.15) is 12.5 Å². The van der Waals surface area contributed by atoms with Gasteiger partial charge in [-0.1, -0.05) is 24.2 Å². The third kappa shape index (κ3) is 6.80. The molecule has 0 saturated heterocycles. The Labute approximate surface area is 77.5 Å². The molecule has 4 heteroatoms. The lowest BCUT2D eigenvalue weighted by Crippen LogP contribution is -1.59. The van der Waals surface area contributed by atoms with Crippen molar-refractivity contribution in [2.45, 2.75) is 20.8 Å². The summed E-state index contributed by atoms with van der Waals surface area (Å²) < 4.78 is 8.80. The Hall–Kier alpha value is -1.58. The Morgan fingerprint density at radius 1 is 1.15 bits per heavy atom. The summed E-state index contributed by atoms with van der Waals surface area (Å²) in [6, 6.07) is 3.53. The summed E-state index contributed by atoms with van der Waals surface area (Å²) in [5.74, 6) is 0. The van der Waals surface area contributed by atoms with Crippen molar-refractivity contribution in [3.05, 3.63) is 36.5 Å². The van der Waals surface area contributed by atoms with Gasteiger partial charge in [0.15, 0.2) is 0 Å². The zero-order valence-electron chi connectivity index (χ0n) is 8.10. The predicted molar refractivity (Wildman–Crippen MR) is 49.1 cm³/mol. The highest BCUT2D eigenvalue weighted by atomic mass is 16.5.